The number of rotatable bonds is 14. The number of carbonyl (C=O) groups is 2. The van der Waals surface area contributed by atoms with Crippen molar-refractivity contribution in [2.24, 2.45) is 0 Å². The largest absolute Gasteiger partial charge is 0.373 e. The molecule has 340 valence electrons. The molecule has 2 spiro atoms. The van der Waals surface area contributed by atoms with Crippen LogP contribution in [0.3, 0.4) is 0 Å². The van der Waals surface area contributed by atoms with Crippen LogP contribution in [0.15, 0.2) is 97.1 Å². The van der Waals surface area contributed by atoms with Crippen molar-refractivity contribution < 1.29 is 19.1 Å². The summed E-state index contributed by atoms with van der Waals surface area (Å²) < 4.78 is 11.6. The predicted octanol–water partition coefficient (Wildman–Crippen LogP) is 7.62. The maximum atomic E-state index is 13.6. The SMILES string of the molecule is CC1CN(CCNCCN2C(=O)[C@@]3(C[C@H]3c3ccc(Cl)cc3)c3ccccc32)CC(C)O1.CC1CN(CCNCCN2C(=O)[C@]3(C[C@@H]3c3ccc(Cl)cc3)c3ccccc32)CC(C)O1. The molecule has 2 amide bonds. The molecule has 4 aliphatic heterocycles. The number of morpholine rings is 2. The fourth-order valence-electron chi connectivity index (χ4n) is 11.4. The van der Waals surface area contributed by atoms with Gasteiger partial charge in [-0.05, 0) is 99.2 Å². The number of carbonyl (C=O) groups excluding carboxylic acids is 2. The van der Waals surface area contributed by atoms with Gasteiger partial charge in [0.15, 0.2) is 0 Å². The van der Waals surface area contributed by atoms with Crippen molar-refractivity contribution >= 4 is 46.4 Å². The van der Waals surface area contributed by atoms with Crippen molar-refractivity contribution in [3.8, 4) is 0 Å². The van der Waals surface area contributed by atoms with Gasteiger partial charge in [-0.25, -0.2) is 0 Å². The van der Waals surface area contributed by atoms with Gasteiger partial charge in [-0.1, -0.05) is 83.9 Å². The second-order valence-corrected chi connectivity index (χ2v) is 19.9. The van der Waals surface area contributed by atoms with Crippen molar-refractivity contribution in [1.82, 2.24) is 20.4 Å². The molecule has 4 aromatic rings. The Morgan fingerprint density at radius 3 is 1.23 bits per heavy atom. The topological polar surface area (TPSA) is 89.6 Å². The zero-order valence-electron chi connectivity index (χ0n) is 37.8. The molecule has 6 aliphatic rings. The smallest absolute Gasteiger partial charge is 0.238 e. The Kier molecular flexibility index (Phi) is 13.6. The minimum absolute atomic E-state index is 0.233. The van der Waals surface area contributed by atoms with E-state index in [2.05, 4.69) is 109 Å². The summed E-state index contributed by atoms with van der Waals surface area (Å²) in [6.07, 6.45) is 2.92. The van der Waals surface area contributed by atoms with Gasteiger partial charge in [0.1, 0.15) is 0 Å². The summed E-state index contributed by atoms with van der Waals surface area (Å²) in [5, 5.41) is 8.56. The first-order valence-electron chi connectivity index (χ1n) is 23.5. The zero-order chi connectivity index (χ0) is 44.6. The van der Waals surface area contributed by atoms with Crippen molar-refractivity contribution in [3.63, 3.8) is 0 Å². The summed E-state index contributed by atoms with van der Waals surface area (Å²) >= 11 is 12.2. The van der Waals surface area contributed by atoms with Gasteiger partial charge in [0.2, 0.25) is 11.8 Å². The zero-order valence-corrected chi connectivity index (χ0v) is 39.3. The van der Waals surface area contributed by atoms with Crippen LogP contribution in [0.25, 0.3) is 0 Å². The van der Waals surface area contributed by atoms with Gasteiger partial charge in [0.25, 0.3) is 0 Å². The molecule has 2 N–H and O–H groups in total. The van der Waals surface area contributed by atoms with Gasteiger partial charge >= 0.3 is 0 Å². The third-order valence-electron chi connectivity index (χ3n) is 14.3. The van der Waals surface area contributed by atoms with E-state index in [0.29, 0.717) is 37.5 Å². The molecule has 8 atom stereocenters. The standard InChI is InChI=1S/2C26H32ClN3O2/c2*1-18-16-29(17-19(2)32-18)13-11-28-12-14-30-24-6-4-3-5-22(24)26(25(30)31)15-23(26)20-7-9-21(27)10-8-20/h2*3-10,18-19,23,28H,11-17H2,1-2H3/t2*18?,19?,23-,26-/m10/s1. The number of anilines is 2. The first-order chi connectivity index (χ1) is 31.0. The molecule has 4 unspecified atom stereocenters. The maximum absolute atomic E-state index is 13.6. The summed E-state index contributed by atoms with van der Waals surface area (Å²) in [6.45, 7) is 19.3. The van der Waals surface area contributed by atoms with Crippen LogP contribution in [-0.4, -0.2) is 125 Å². The van der Waals surface area contributed by atoms with E-state index in [9.17, 15) is 9.59 Å². The quantitative estimate of drug-likeness (QED) is 0.125. The van der Waals surface area contributed by atoms with E-state index in [4.69, 9.17) is 32.7 Å². The van der Waals surface area contributed by atoms with E-state index in [0.717, 1.165) is 99.7 Å². The Balaban J connectivity index is 0.000000162. The number of nitrogens with one attached hydrogen (secondary N) is 2. The molecule has 10 rings (SSSR count). The van der Waals surface area contributed by atoms with Crippen molar-refractivity contribution in [3.05, 3.63) is 129 Å². The van der Waals surface area contributed by atoms with Crippen LogP contribution in [-0.2, 0) is 29.9 Å². The number of nitrogens with zero attached hydrogens (tertiary/aromatic N) is 4. The highest BCUT2D eigenvalue weighted by Gasteiger charge is 2.68. The normalized spacial score (nSPS) is 29.5. The van der Waals surface area contributed by atoms with E-state index in [-0.39, 0.29) is 23.7 Å². The molecule has 4 aromatic carbocycles. The molecule has 0 aromatic heterocycles. The highest BCUT2D eigenvalue weighted by molar-refractivity contribution is 6.30. The first kappa shape index (κ1) is 45.3. The van der Waals surface area contributed by atoms with Crippen molar-refractivity contribution in [2.45, 2.75) is 87.6 Å². The lowest BCUT2D eigenvalue weighted by atomic mass is 9.92. The molecule has 2 aliphatic carbocycles. The van der Waals surface area contributed by atoms with Crippen LogP contribution < -0.4 is 20.4 Å². The number of hydrogen-bond donors (Lipinski definition) is 2. The molecular weight excluding hydrogens is 844 g/mol. The summed E-state index contributed by atoms with van der Waals surface area (Å²) in [4.78, 5) is 36.2. The third kappa shape index (κ3) is 9.14. The van der Waals surface area contributed by atoms with Crippen molar-refractivity contribution in [2.75, 3.05) is 88.3 Å². The lowest BCUT2D eigenvalue weighted by molar-refractivity contribution is -0.121. The number of ether oxygens (including phenoxy) is 2. The predicted molar refractivity (Wildman–Crippen MR) is 257 cm³/mol. The van der Waals surface area contributed by atoms with Crippen LogP contribution >= 0.6 is 23.2 Å². The second-order valence-electron chi connectivity index (χ2n) is 19.0. The van der Waals surface area contributed by atoms with E-state index in [1.54, 1.807) is 0 Å². The molecule has 10 nitrogen and oxygen atoms in total. The molecule has 12 heteroatoms. The molecule has 0 radical (unpaired) electrons. The summed E-state index contributed by atoms with van der Waals surface area (Å²) in [7, 11) is 0. The summed E-state index contributed by atoms with van der Waals surface area (Å²) in [6, 6.07) is 32.6. The van der Waals surface area contributed by atoms with Crippen LogP contribution in [0.1, 0.15) is 74.6 Å². The van der Waals surface area contributed by atoms with E-state index >= 15 is 0 Å². The lowest BCUT2D eigenvalue weighted by Crippen LogP contribution is -2.48. The molecule has 2 saturated carbocycles. The van der Waals surface area contributed by atoms with E-state index in [1.807, 2.05) is 46.2 Å². The fourth-order valence-corrected chi connectivity index (χ4v) is 11.6. The first-order valence-corrected chi connectivity index (χ1v) is 24.2. The van der Waals surface area contributed by atoms with Gasteiger partial charge < -0.3 is 29.9 Å². The van der Waals surface area contributed by atoms with Gasteiger partial charge in [0, 0.05) is 112 Å². The molecule has 4 heterocycles. The van der Waals surface area contributed by atoms with E-state index < -0.39 is 10.8 Å². The highest BCUT2D eigenvalue weighted by Crippen LogP contribution is 2.67. The Morgan fingerprint density at radius 2 is 0.859 bits per heavy atom. The van der Waals surface area contributed by atoms with Gasteiger partial charge in [-0.3, -0.25) is 19.4 Å². The average molecular weight is 908 g/mol. The van der Waals surface area contributed by atoms with Crippen LogP contribution in [0.5, 0.6) is 0 Å². The third-order valence-corrected chi connectivity index (χ3v) is 14.8. The molecule has 2 saturated heterocycles. The number of amides is 2. The number of benzene rings is 4. The van der Waals surface area contributed by atoms with Crippen LogP contribution in [0.2, 0.25) is 10.0 Å². The monoisotopic (exact) mass is 906 g/mol. The Bertz CT molecular complexity index is 2100. The van der Waals surface area contributed by atoms with E-state index in [1.165, 1.54) is 22.3 Å². The maximum Gasteiger partial charge on any atom is 0.238 e. The van der Waals surface area contributed by atoms with Crippen LogP contribution in [0, 0.1) is 0 Å². The Morgan fingerprint density at radius 1 is 0.516 bits per heavy atom. The van der Waals surface area contributed by atoms with Gasteiger partial charge in [-0.15, -0.1) is 0 Å². The van der Waals surface area contributed by atoms with Crippen LogP contribution in [0.4, 0.5) is 11.4 Å². The molecule has 0 bridgehead atoms. The minimum atomic E-state index is -0.398. The summed E-state index contributed by atoms with van der Waals surface area (Å²) in [5.41, 5.74) is 6.12. The number of para-hydroxylation sites is 2. The lowest BCUT2D eigenvalue weighted by Gasteiger charge is -2.35. The average Bonchev–Trinajstić information content (AvgIpc) is 4.18. The van der Waals surface area contributed by atoms with Gasteiger partial charge in [0.05, 0.1) is 35.2 Å². The Labute approximate surface area is 389 Å². The number of hydrogen-bond acceptors (Lipinski definition) is 8. The van der Waals surface area contributed by atoms with Crippen molar-refractivity contribution in [1.29, 1.82) is 0 Å². The number of fused-ring (bicyclic) bond motifs is 4. The molecular formula is C52H64Cl2N6O4. The van der Waals surface area contributed by atoms with Gasteiger partial charge in [-0.2, -0.15) is 0 Å². The minimum Gasteiger partial charge on any atom is -0.373 e. The molecule has 64 heavy (non-hydrogen) atoms. The Hall–Kier alpha value is -3.84. The summed E-state index contributed by atoms with van der Waals surface area (Å²) in [5.74, 6) is 0.959. The second kappa shape index (κ2) is 19.2. The number of halogens is 2. The highest BCUT2D eigenvalue weighted by atomic mass is 35.5. The fraction of sp³-hybridized carbons (Fsp3) is 0.500. The molecule has 4 fully saturated rings.